The van der Waals surface area contributed by atoms with Crippen LogP contribution >= 0.6 is 0 Å². The lowest BCUT2D eigenvalue weighted by molar-refractivity contribution is 0.287. The average Bonchev–Trinajstić information content (AvgIpc) is 2.46. The van der Waals surface area contributed by atoms with E-state index in [4.69, 9.17) is 8.54 Å². The van der Waals surface area contributed by atoms with Crippen molar-refractivity contribution in [1.82, 2.24) is 0 Å². The maximum atomic E-state index is 6.81. The fourth-order valence-corrected chi connectivity index (χ4v) is 18.9. The molecule has 0 bridgehead atoms. The maximum Gasteiger partial charge on any atom is 0.191 e. The minimum atomic E-state index is -1.58. The van der Waals surface area contributed by atoms with Crippen molar-refractivity contribution in [2.75, 3.05) is 6.61 Å². The highest BCUT2D eigenvalue weighted by Gasteiger charge is 2.37. The van der Waals surface area contributed by atoms with Gasteiger partial charge in [0.05, 0.1) is 0 Å². The Hall–Kier alpha value is 0.788. The first-order valence-corrected chi connectivity index (χ1v) is 23.8. The van der Waals surface area contributed by atoms with E-state index in [2.05, 4.69) is 80.1 Å². The van der Waals surface area contributed by atoms with Crippen molar-refractivity contribution in [3.05, 3.63) is 0 Å². The molecule has 0 fully saturated rings. The van der Waals surface area contributed by atoms with E-state index in [1.54, 1.807) is 0 Å². The van der Waals surface area contributed by atoms with Gasteiger partial charge in [-0.05, 0) is 62.8 Å². The Bertz CT molecular complexity index is 426. The highest BCUT2D eigenvalue weighted by atomic mass is 28.4. The molecule has 0 saturated heterocycles. The predicted molar refractivity (Wildman–Crippen MR) is 135 cm³/mol. The molecule has 0 aliphatic rings. The van der Waals surface area contributed by atoms with Gasteiger partial charge < -0.3 is 8.54 Å². The van der Waals surface area contributed by atoms with Gasteiger partial charge in [-0.2, -0.15) is 0 Å². The summed E-state index contributed by atoms with van der Waals surface area (Å²) in [5, 5.41) is 0.321. The van der Waals surface area contributed by atoms with Gasteiger partial charge in [0.15, 0.2) is 25.0 Å². The van der Waals surface area contributed by atoms with Crippen molar-refractivity contribution in [3.8, 4) is 0 Å². The quantitative estimate of drug-likeness (QED) is 0.208. The first-order valence-electron chi connectivity index (χ1n) is 11.3. The van der Waals surface area contributed by atoms with E-state index in [0.717, 1.165) is 6.61 Å². The molecule has 0 N–H and O–H groups in total. The Morgan fingerprint density at radius 2 is 1.19 bits per heavy atom. The van der Waals surface area contributed by atoms with Crippen molar-refractivity contribution in [2.45, 2.75) is 129 Å². The van der Waals surface area contributed by atoms with Gasteiger partial charge in [0.25, 0.3) is 0 Å². The van der Waals surface area contributed by atoms with Crippen LogP contribution in [0.5, 0.6) is 0 Å². The number of hydrogen-bond acceptors (Lipinski definition) is 2. The molecule has 0 aromatic rings. The van der Waals surface area contributed by atoms with Crippen LogP contribution in [-0.4, -0.2) is 39.6 Å². The van der Waals surface area contributed by atoms with Crippen LogP contribution in [0.4, 0.5) is 0 Å². The van der Waals surface area contributed by atoms with Crippen LogP contribution in [0.15, 0.2) is 0 Å². The van der Waals surface area contributed by atoms with Gasteiger partial charge in [-0.25, -0.2) is 0 Å². The van der Waals surface area contributed by atoms with Crippen LogP contribution in [-0.2, 0) is 8.54 Å². The van der Waals surface area contributed by atoms with E-state index in [-0.39, 0.29) is 0 Å². The topological polar surface area (TPSA) is 18.5 Å². The van der Waals surface area contributed by atoms with Crippen molar-refractivity contribution in [2.24, 2.45) is 0 Å². The summed E-state index contributed by atoms with van der Waals surface area (Å²) in [6.45, 7) is 29.9. The zero-order chi connectivity index (χ0) is 21.6. The molecule has 2 nitrogen and oxygen atoms in total. The van der Waals surface area contributed by atoms with E-state index in [9.17, 15) is 0 Å². The average molecular weight is 449 g/mol. The zero-order valence-electron chi connectivity index (χ0n) is 21.0. The molecule has 0 aliphatic carbocycles. The first-order chi connectivity index (χ1) is 11.9. The fraction of sp³-hybridized carbons (Fsp3) is 1.00. The van der Waals surface area contributed by atoms with Gasteiger partial charge in [-0.15, -0.1) is 0 Å². The van der Waals surface area contributed by atoms with E-state index in [1.807, 2.05) is 0 Å². The van der Waals surface area contributed by atoms with Gasteiger partial charge >= 0.3 is 0 Å². The van der Waals surface area contributed by atoms with Crippen LogP contribution in [0.2, 0.25) is 81.6 Å². The van der Waals surface area contributed by atoms with E-state index >= 15 is 0 Å². The molecule has 27 heavy (non-hydrogen) atoms. The molecule has 6 heteroatoms. The van der Waals surface area contributed by atoms with Crippen LogP contribution in [0.3, 0.4) is 0 Å². The summed E-state index contributed by atoms with van der Waals surface area (Å²) in [6.07, 6.45) is 3.86. The summed E-state index contributed by atoms with van der Waals surface area (Å²) in [7, 11) is -5.72. The minimum Gasteiger partial charge on any atom is -0.456 e. The summed E-state index contributed by atoms with van der Waals surface area (Å²) in [5.74, 6) is 0. The predicted octanol–water partition coefficient (Wildman–Crippen LogP) is 8.33. The van der Waals surface area contributed by atoms with Crippen LogP contribution < -0.4 is 0 Å². The summed E-state index contributed by atoms with van der Waals surface area (Å²) < 4.78 is 13.2. The highest BCUT2D eigenvalue weighted by Crippen LogP contribution is 2.37. The molecule has 164 valence electrons. The van der Waals surface area contributed by atoms with Crippen molar-refractivity contribution in [1.29, 1.82) is 0 Å². The van der Waals surface area contributed by atoms with Gasteiger partial charge in [0.2, 0.25) is 0 Å². The molecule has 0 heterocycles. The van der Waals surface area contributed by atoms with Crippen LogP contribution in [0.25, 0.3) is 0 Å². The fourth-order valence-electron chi connectivity index (χ4n) is 3.31. The standard InChI is InChI=1S/C21H52O2Si4/c1-13-14-18-25(7,8)23-26(9,10)20-19-24(5,6)17-15-16-22-27(11,12)21(2,3)4/h13-20H2,1-12H3. The normalized spacial score (nSPS) is 14.7. The second kappa shape index (κ2) is 10.7. The highest BCUT2D eigenvalue weighted by molar-refractivity contribution is 6.86. The summed E-state index contributed by atoms with van der Waals surface area (Å²) in [5.41, 5.74) is 0. The molecule has 0 aromatic carbocycles. The Morgan fingerprint density at radius 1 is 0.667 bits per heavy atom. The molecular formula is C21H52O2Si4. The monoisotopic (exact) mass is 448 g/mol. The largest absolute Gasteiger partial charge is 0.456 e. The number of rotatable bonds is 13. The molecule has 0 aliphatic heterocycles. The lowest BCUT2D eigenvalue weighted by Gasteiger charge is -2.37. The van der Waals surface area contributed by atoms with Gasteiger partial charge in [-0.1, -0.05) is 65.7 Å². The van der Waals surface area contributed by atoms with Crippen LogP contribution in [0.1, 0.15) is 47.0 Å². The van der Waals surface area contributed by atoms with Crippen molar-refractivity contribution >= 4 is 33.0 Å². The Kier molecular flexibility index (Phi) is 11.0. The molecule has 0 atom stereocenters. The Morgan fingerprint density at radius 3 is 1.67 bits per heavy atom. The van der Waals surface area contributed by atoms with Gasteiger partial charge in [-0.3, -0.25) is 0 Å². The van der Waals surface area contributed by atoms with Gasteiger partial charge in [0, 0.05) is 14.7 Å². The third-order valence-electron chi connectivity index (χ3n) is 6.36. The zero-order valence-corrected chi connectivity index (χ0v) is 25.0. The molecule has 0 radical (unpaired) electrons. The minimum absolute atomic E-state index is 0.321. The third-order valence-corrected chi connectivity index (χ3v) is 22.1. The second-order valence-electron chi connectivity index (χ2n) is 12.1. The third kappa shape index (κ3) is 12.2. The number of hydrogen-bond donors (Lipinski definition) is 0. The van der Waals surface area contributed by atoms with E-state index < -0.39 is 33.0 Å². The molecule has 0 unspecified atom stereocenters. The SMILES string of the molecule is CCCC[Si](C)(C)O[Si](C)(C)CC[Si](C)(C)CCCO[Si](C)(C)C(C)(C)C. The molecule has 0 amide bonds. The van der Waals surface area contributed by atoms with E-state index in [0.29, 0.717) is 5.04 Å². The first kappa shape index (κ1) is 27.8. The number of unbranched alkanes of at least 4 members (excludes halogenated alkanes) is 1. The molecular weight excluding hydrogens is 397 g/mol. The Labute approximate surface area is 176 Å². The molecule has 0 aromatic heterocycles. The van der Waals surface area contributed by atoms with Crippen molar-refractivity contribution < 1.29 is 8.54 Å². The molecule has 0 saturated carbocycles. The second-order valence-corrected chi connectivity index (χ2v) is 31.1. The van der Waals surface area contributed by atoms with Crippen molar-refractivity contribution in [3.63, 3.8) is 0 Å². The lowest BCUT2D eigenvalue weighted by atomic mass is 10.2. The summed E-state index contributed by atoms with van der Waals surface area (Å²) in [4.78, 5) is 0. The smallest absolute Gasteiger partial charge is 0.191 e. The maximum absolute atomic E-state index is 6.81. The summed E-state index contributed by atoms with van der Waals surface area (Å²) in [6, 6.07) is 5.48. The van der Waals surface area contributed by atoms with Crippen LogP contribution in [0, 0.1) is 0 Å². The molecule has 0 spiro atoms. The molecule has 0 rings (SSSR count). The lowest BCUT2D eigenvalue weighted by Crippen LogP contribution is -2.45. The summed E-state index contributed by atoms with van der Waals surface area (Å²) >= 11 is 0. The Balaban J connectivity index is 4.39. The van der Waals surface area contributed by atoms with E-state index in [1.165, 1.54) is 43.4 Å². The van der Waals surface area contributed by atoms with Gasteiger partial charge in [0.1, 0.15) is 0 Å².